The van der Waals surface area contributed by atoms with E-state index in [1.807, 2.05) is 6.92 Å². The molecule has 0 saturated heterocycles. The van der Waals surface area contributed by atoms with E-state index in [-0.39, 0.29) is 21.4 Å². The van der Waals surface area contributed by atoms with Crippen LogP contribution in [0.2, 0.25) is 0 Å². The maximum absolute atomic E-state index is 12.1. The Kier molecular flexibility index (Phi) is 7.02. The van der Waals surface area contributed by atoms with Gasteiger partial charge in [0.1, 0.15) is 4.21 Å². The van der Waals surface area contributed by atoms with Crippen LogP contribution in [0.4, 0.5) is 10.7 Å². The molecule has 1 aromatic heterocycles. The van der Waals surface area contributed by atoms with E-state index in [9.17, 15) is 18.5 Å². The maximum atomic E-state index is 12.1. The van der Waals surface area contributed by atoms with Crippen LogP contribution in [0.15, 0.2) is 10.3 Å². The van der Waals surface area contributed by atoms with E-state index < -0.39 is 14.9 Å². The van der Waals surface area contributed by atoms with Gasteiger partial charge in [0.25, 0.3) is 0 Å². The van der Waals surface area contributed by atoms with Crippen molar-refractivity contribution in [2.45, 2.75) is 24.5 Å². The molecule has 0 unspecified atom stereocenters. The summed E-state index contributed by atoms with van der Waals surface area (Å²) < 4.78 is 31.6. The summed E-state index contributed by atoms with van der Waals surface area (Å²) in [5, 5.41) is 14.0. The second-order valence-electron chi connectivity index (χ2n) is 4.02. The maximum Gasteiger partial charge on any atom is 0.304 e. The topological polar surface area (TPSA) is 111 Å². The Morgan fingerprint density at radius 1 is 1.43 bits per heavy atom. The number of thiophene rings is 1. The number of rotatable bonds is 10. The third kappa shape index (κ3) is 5.23. The fraction of sp³-hybridized carbons (Fsp3) is 0.636. The van der Waals surface area contributed by atoms with Crippen LogP contribution < -0.4 is 10.0 Å². The van der Waals surface area contributed by atoms with Gasteiger partial charge < -0.3 is 10.1 Å². The summed E-state index contributed by atoms with van der Waals surface area (Å²) in [4.78, 5) is 10.3. The van der Waals surface area contributed by atoms with E-state index in [2.05, 4.69) is 10.0 Å². The van der Waals surface area contributed by atoms with Gasteiger partial charge in [-0.15, -0.1) is 0 Å². The highest BCUT2D eigenvalue weighted by Crippen LogP contribution is 2.36. The first-order valence-corrected chi connectivity index (χ1v) is 8.81. The standard InChI is InChI=1S/C11H19N3O5S2/c1-3-12-11-9(14(15)16)8-10(20-11)21(17,18)13-6-5-7-19-4-2/h8,12-13H,3-7H2,1-2H3. The number of nitrogens with zero attached hydrogens (tertiary/aromatic N) is 1. The number of nitrogens with one attached hydrogen (secondary N) is 2. The highest BCUT2D eigenvalue weighted by molar-refractivity contribution is 7.91. The molecule has 1 heterocycles. The molecule has 1 rings (SSSR count). The molecule has 0 atom stereocenters. The Labute approximate surface area is 127 Å². The van der Waals surface area contributed by atoms with Crippen molar-refractivity contribution >= 4 is 32.0 Å². The van der Waals surface area contributed by atoms with Gasteiger partial charge in [0.15, 0.2) is 5.00 Å². The second-order valence-corrected chi connectivity index (χ2v) is 7.06. The smallest absolute Gasteiger partial charge is 0.304 e. The third-order valence-corrected chi connectivity index (χ3v) is 5.47. The lowest BCUT2D eigenvalue weighted by molar-refractivity contribution is -0.383. The summed E-state index contributed by atoms with van der Waals surface area (Å²) in [6.07, 6.45) is 0.542. The van der Waals surface area contributed by atoms with Crippen molar-refractivity contribution in [3.8, 4) is 0 Å². The summed E-state index contributed by atoms with van der Waals surface area (Å²) in [6.45, 7) is 5.39. The van der Waals surface area contributed by atoms with Gasteiger partial charge in [0.2, 0.25) is 10.0 Å². The molecule has 0 saturated carbocycles. The van der Waals surface area contributed by atoms with E-state index >= 15 is 0 Å². The van der Waals surface area contributed by atoms with Crippen LogP contribution in [0.3, 0.4) is 0 Å². The van der Waals surface area contributed by atoms with Crippen molar-refractivity contribution < 1.29 is 18.1 Å². The molecule has 0 aromatic carbocycles. The fourth-order valence-corrected chi connectivity index (χ4v) is 4.02. The quantitative estimate of drug-likeness (QED) is 0.382. The number of anilines is 1. The van der Waals surface area contributed by atoms with Crippen LogP contribution in [0.25, 0.3) is 0 Å². The Bertz CT molecular complexity index is 570. The lowest BCUT2D eigenvalue weighted by atomic mass is 10.5. The van der Waals surface area contributed by atoms with Crippen LogP contribution in [0.1, 0.15) is 20.3 Å². The average molecular weight is 337 g/mol. The summed E-state index contributed by atoms with van der Waals surface area (Å²) in [5.41, 5.74) is -0.225. The second kappa shape index (κ2) is 8.27. The zero-order valence-electron chi connectivity index (χ0n) is 11.9. The number of hydrogen-bond donors (Lipinski definition) is 2. The normalized spacial score (nSPS) is 11.5. The zero-order chi connectivity index (χ0) is 15.9. The Balaban J connectivity index is 2.78. The fourth-order valence-electron chi connectivity index (χ4n) is 1.51. The average Bonchev–Trinajstić information content (AvgIpc) is 2.84. The molecule has 21 heavy (non-hydrogen) atoms. The van der Waals surface area contributed by atoms with Gasteiger partial charge in [-0.3, -0.25) is 10.1 Å². The van der Waals surface area contributed by atoms with Gasteiger partial charge in [-0.1, -0.05) is 11.3 Å². The molecule has 0 amide bonds. The van der Waals surface area contributed by atoms with Crippen LogP contribution in [0, 0.1) is 10.1 Å². The minimum absolute atomic E-state index is 0.0680. The molecule has 0 aliphatic rings. The first-order chi connectivity index (χ1) is 9.92. The number of hydrogen-bond acceptors (Lipinski definition) is 7. The highest BCUT2D eigenvalue weighted by atomic mass is 32.2. The molecule has 0 aliphatic heterocycles. The first-order valence-electron chi connectivity index (χ1n) is 6.51. The molecule has 10 heteroatoms. The predicted molar refractivity (Wildman–Crippen MR) is 81.4 cm³/mol. The molecular formula is C11H19N3O5S2. The largest absolute Gasteiger partial charge is 0.382 e. The zero-order valence-corrected chi connectivity index (χ0v) is 13.6. The Hall–Kier alpha value is -1.23. The van der Waals surface area contributed by atoms with Crippen molar-refractivity contribution in [3.63, 3.8) is 0 Å². The highest BCUT2D eigenvalue weighted by Gasteiger charge is 2.25. The minimum atomic E-state index is -3.73. The molecule has 0 aliphatic carbocycles. The summed E-state index contributed by atoms with van der Waals surface area (Å²) in [5.74, 6) is 0. The van der Waals surface area contributed by atoms with Crippen molar-refractivity contribution in [3.05, 3.63) is 16.2 Å². The predicted octanol–water partition coefficient (Wildman–Crippen LogP) is 1.79. The van der Waals surface area contributed by atoms with Crippen LogP contribution in [-0.4, -0.2) is 39.6 Å². The molecule has 120 valence electrons. The summed E-state index contributed by atoms with van der Waals surface area (Å²) in [6, 6.07) is 1.08. The monoisotopic (exact) mass is 337 g/mol. The van der Waals surface area contributed by atoms with E-state index in [1.54, 1.807) is 6.92 Å². The molecule has 0 radical (unpaired) electrons. The molecule has 0 spiro atoms. The van der Waals surface area contributed by atoms with E-state index in [0.29, 0.717) is 26.2 Å². The van der Waals surface area contributed by atoms with Crippen molar-refractivity contribution in [1.82, 2.24) is 4.72 Å². The molecule has 1 aromatic rings. The van der Waals surface area contributed by atoms with E-state index in [4.69, 9.17) is 4.74 Å². The molecule has 2 N–H and O–H groups in total. The molecule has 0 bridgehead atoms. The van der Waals surface area contributed by atoms with Gasteiger partial charge >= 0.3 is 5.69 Å². The lowest BCUT2D eigenvalue weighted by Gasteiger charge is -2.04. The number of nitro groups is 1. The third-order valence-electron chi connectivity index (χ3n) is 2.45. The molecule has 8 nitrogen and oxygen atoms in total. The van der Waals surface area contributed by atoms with Gasteiger partial charge in [-0.2, -0.15) is 0 Å². The summed E-state index contributed by atoms with van der Waals surface area (Å²) in [7, 11) is -3.73. The number of ether oxygens (including phenoxy) is 1. The van der Waals surface area contributed by atoms with Gasteiger partial charge in [-0.05, 0) is 20.3 Å². The number of sulfonamides is 1. The van der Waals surface area contributed by atoms with Crippen LogP contribution >= 0.6 is 11.3 Å². The van der Waals surface area contributed by atoms with Crippen LogP contribution in [-0.2, 0) is 14.8 Å². The van der Waals surface area contributed by atoms with Gasteiger partial charge in [0, 0.05) is 32.4 Å². The first kappa shape index (κ1) is 17.8. The minimum Gasteiger partial charge on any atom is -0.382 e. The van der Waals surface area contributed by atoms with Crippen LogP contribution in [0.5, 0.6) is 0 Å². The SMILES string of the molecule is CCNc1sc(S(=O)(=O)NCCCOCC)cc1[N+](=O)[O-]. The van der Waals surface area contributed by atoms with Gasteiger partial charge in [-0.25, -0.2) is 13.1 Å². The Morgan fingerprint density at radius 3 is 2.71 bits per heavy atom. The Morgan fingerprint density at radius 2 is 2.14 bits per heavy atom. The van der Waals surface area contributed by atoms with E-state index in [0.717, 1.165) is 17.4 Å². The van der Waals surface area contributed by atoms with Crippen molar-refractivity contribution in [2.24, 2.45) is 0 Å². The molecule has 0 fully saturated rings. The van der Waals surface area contributed by atoms with Crippen molar-refractivity contribution in [1.29, 1.82) is 0 Å². The molecular weight excluding hydrogens is 318 g/mol. The van der Waals surface area contributed by atoms with Gasteiger partial charge in [0.05, 0.1) is 4.92 Å². The lowest BCUT2D eigenvalue weighted by Crippen LogP contribution is -2.24. The van der Waals surface area contributed by atoms with Crippen molar-refractivity contribution in [2.75, 3.05) is 31.6 Å². The summed E-state index contributed by atoms with van der Waals surface area (Å²) >= 11 is 0.853. The van der Waals surface area contributed by atoms with E-state index in [1.165, 1.54) is 0 Å².